The molecule has 2 heterocycles. The number of hydrogen-bond acceptors (Lipinski definition) is 3. The molecule has 0 saturated heterocycles. The number of anilines is 1. The first kappa shape index (κ1) is 18.2. The first-order valence-corrected chi connectivity index (χ1v) is 9.83. The molecule has 0 N–H and O–H groups in total. The monoisotopic (exact) mass is 395 g/mol. The number of aromatic nitrogens is 2. The Hall–Kier alpha value is -3.86. The molecular formula is C25H21N3O2. The number of rotatable bonds is 3. The van der Waals surface area contributed by atoms with Crippen molar-refractivity contribution in [1.29, 1.82) is 0 Å². The van der Waals surface area contributed by atoms with Crippen LogP contribution in [0.2, 0.25) is 0 Å². The van der Waals surface area contributed by atoms with Crippen LogP contribution < -0.4 is 9.64 Å². The summed E-state index contributed by atoms with van der Waals surface area (Å²) in [5.41, 5.74) is 5.68. The number of benzene rings is 3. The number of methoxy groups -OCH3 is 1. The number of aryl methyl sites for hydroxylation is 1. The fourth-order valence-corrected chi connectivity index (χ4v) is 3.87. The summed E-state index contributed by atoms with van der Waals surface area (Å²) in [4.78, 5) is 19.9. The quantitative estimate of drug-likeness (QED) is 0.482. The zero-order valence-corrected chi connectivity index (χ0v) is 16.9. The van der Waals surface area contributed by atoms with E-state index >= 15 is 0 Å². The van der Waals surface area contributed by atoms with Crippen LogP contribution in [0.3, 0.4) is 0 Å². The average Bonchev–Trinajstić information content (AvgIpc) is 3.23. The number of amides is 1. The van der Waals surface area contributed by atoms with Crippen LogP contribution in [0.1, 0.15) is 15.9 Å². The minimum absolute atomic E-state index is 0.0255. The lowest BCUT2D eigenvalue weighted by Gasteiger charge is -2.31. The van der Waals surface area contributed by atoms with Crippen LogP contribution in [0.5, 0.6) is 5.75 Å². The minimum atomic E-state index is -0.0255. The molecule has 0 unspecified atom stereocenters. The molecule has 1 aliphatic rings. The third-order valence-corrected chi connectivity index (χ3v) is 5.50. The van der Waals surface area contributed by atoms with E-state index in [1.807, 2.05) is 90.8 Å². The molecule has 0 atom stereocenters. The van der Waals surface area contributed by atoms with Crippen molar-refractivity contribution in [3.63, 3.8) is 0 Å². The van der Waals surface area contributed by atoms with Gasteiger partial charge in [0.2, 0.25) is 0 Å². The van der Waals surface area contributed by atoms with Crippen LogP contribution in [0.25, 0.3) is 22.6 Å². The van der Waals surface area contributed by atoms with Gasteiger partial charge in [-0.2, -0.15) is 0 Å². The first-order chi connectivity index (χ1) is 14.7. The lowest BCUT2D eigenvalue weighted by Crippen LogP contribution is -2.36. The van der Waals surface area contributed by atoms with Gasteiger partial charge < -0.3 is 9.30 Å². The Morgan fingerprint density at radius 2 is 1.70 bits per heavy atom. The maximum atomic E-state index is 13.4. The van der Waals surface area contributed by atoms with E-state index in [-0.39, 0.29) is 5.91 Å². The summed E-state index contributed by atoms with van der Waals surface area (Å²) < 4.78 is 7.36. The third kappa shape index (κ3) is 2.95. The number of carbonyl (C=O) groups is 1. The van der Waals surface area contributed by atoms with E-state index in [1.54, 1.807) is 7.11 Å². The van der Waals surface area contributed by atoms with Crippen LogP contribution in [0, 0.1) is 6.92 Å². The van der Waals surface area contributed by atoms with Crippen molar-refractivity contribution in [3.05, 3.63) is 90.1 Å². The third-order valence-electron chi connectivity index (χ3n) is 5.50. The first-order valence-electron chi connectivity index (χ1n) is 9.83. The van der Waals surface area contributed by atoms with Crippen LogP contribution in [0.4, 0.5) is 5.69 Å². The molecule has 4 aromatic rings. The fourth-order valence-electron chi connectivity index (χ4n) is 3.87. The normalized spacial score (nSPS) is 12.3. The molecule has 30 heavy (non-hydrogen) atoms. The van der Waals surface area contributed by atoms with Crippen molar-refractivity contribution in [2.24, 2.45) is 0 Å². The topological polar surface area (TPSA) is 47.4 Å². The molecule has 5 heteroatoms. The zero-order valence-electron chi connectivity index (χ0n) is 16.9. The van der Waals surface area contributed by atoms with Gasteiger partial charge in [0.05, 0.1) is 24.7 Å². The predicted molar refractivity (Wildman–Crippen MR) is 118 cm³/mol. The van der Waals surface area contributed by atoms with Gasteiger partial charge in [-0.1, -0.05) is 35.9 Å². The Balaban J connectivity index is 1.60. The Morgan fingerprint density at radius 3 is 2.43 bits per heavy atom. The number of imidazole rings is 1. The van der Waals surface area contributed by atoms with E-state index in [9.17, 15) is 4.79 Å². The molecule has 0 fully saturated rings. The number of fused-ring (bicyclic) bond motifs is 3. The molecule has 0 aliphatic carbocycles. The van der Waals surface area contributed by atoms with Gasteiger partial charge in [-0.15, -0.1) is 0 Å². The van der Waals surface area contributed by atoms with E-state index in [0.29, 0.717) is 12.2 Å². The summed E-state index contributed by atoms with van der Waals surface area (Å²) in [7, 11) is 1.65. The molecule has 1 aromatic heterocycles. The van der Waals surface area contributed by atoms with Gasteiger partial charge in [0.25, 0.3) is 5.91 Å². The average molecular weight is 395 g/mol. The van der Waals surface area contributed by atoms with Gasteiger partial charge in [-0.3, -0.25) is 9.69 Å². The highest BCUT2D eigenvalue weighted by Gasteiger charge is 2.29. The molecular weight excluding hydrogens is 374 g/mol. The van der Waals surface area contributed by atoms with Crippen molar-refractivity contribution in [3.8, 4) is 28.4 Å². The summed E-state index contributed by atoms with van der Waals surface area (Å²) in [6, 6.07) is 23.5. The van der Waals surface area contributed by atoms with E-state index in [1.165, 1.54) is 0 Å². The fraction of sp³-hybridized carbons (Fsp3) is 0.120. The van der Waals surface area contributed by atoms with Crippen molar-refractivity contribution >= 4 is 11.6 Å². The number of ether oxygens (including phenoxy) is 1. The van der Waals surface area contributed by atoms with Gasteiger partial charge >= 0.3 is 0 Å². The summed E-state index contributed by atoms with van der Waals surface area (Å²) in [6.45, 7) is 2.42. The number of carbonyl (C=O) groups excluding carboxylic acids is 1. The molecule has 0 bridgehead atoms. The number of hydrogen-bond donors (Lipinski definition) is 0. The van der Waals surface area contributed by atoms with Gasteiger partial charge in [-0.25, -0.2) is 4.98 Å². The molecule has 148 valence electrons. The van der Waals surface area contributed by atoms with Crippen molar-refractivity contribution in [1.82, 2.24) is 9.55 Å². The maximum absolute atomic E-state index is 13.4. The maximum Gasteiger partial charge on any atom is 0.259 e. The van der Waals surface area contributed by atoms with Gasteiger partial charge in [0, 0.05) is 16.7 Å². The second-order valence-corrected chi connectivity index (χ2v) is 7.38. The highest BCUT2D eigenvalue weighted by Crippen LogP contribution is 2.39. The predicted octanol–water partition coefficient (Wildman–Crippen LogP) is 5.15. The summed E-state index contributed by atoms with van der Waals surface area (Å²) in [5, 5.41) is 0. The second kappa shape index (κ2) is 7.19. The molecule has 1 aliphatic heterocycles. The van der Waals surface area contributed by atoms with Gasteiger partial charge in [0.1, 0.15) is 18.2 Å². The lowest BCUT2D eigenvalue weighted by atomic mass is 10.1. The molecule has 1 amide bonds. The van der Waals surface area contributed by atoms with Crippen LogP contribution in [-0.4, -0.2) is 22.6 Å². The smallest absolute Gasteiger partial charge is 0.259 e. The number of para-hydroxylation sites is 1. The standard InChI is InChI=1S/C25H21N3O2/c1-17-7-9-19(10-8-17)25(29)28-16-27-23(21-5-3-4-6-22(21)28)15-26-24(27)18-11-13-20(30-2)14-12-18/h3-15H,16H2,1-2H3. The SMILES string of the molecule is COc1ccc(-c2ncc3n2CN(C(=O)c2ccc(C)cc2)c2ccccc2-3)cc1. The number of nitrogens with zero attached hydrogens (tertiary/aromatic N) is 3. The molecule has 0 spiro atoms. The summed E-state index contributed by atoms with van der Waals surface area (Å²) >= 11 is 0. The Bertz CT molecular complexity index is 1220. The molecule has 0 radical (unpaired) electrons. The van der Waals surface area contributed by atoms with E-state index < -0.39 is 0 Å². The zero-order chi connectivity index (χ0) is 20.7. The van der Waals surface area contributed by atoms with Crippen molar-refractivity contribution in [2.75, 3.05) is 12.0 Å². The van der Waals surface area contributed by atoms with E-state index in [0.717, 1.165) is 39.6 Å². The van der Waals surface area contributed by atoms with E-state index in [4.69, 9.17) is 4.74 Å². The Morgan fingerprint density at radius 1 is 0.967 bits per heavy atom. The summed E-state index contributed by atoms with van der Waals surface area (Å²) in [6.07, 6.45) is 1.88. The van der Waals surface area contributed by atoms with Gasteiger partial charge in [0.15, 0.2) is 0 Å². The minimum Gasteiger partial charge on any atom is -0.497 e. The molecule has 0 saturated carbocycles. The molecule has 5 nitrogen and oxygen atoms in total. The highest BCUT2D eigenvalue weighted by molar-refractivity contribution is 6.08. The van der Waals surface area contributed by atoms with Crippen LogP contribution >= 0.6 is 0 Å². The van der Waals surface area contributed by atoms with Gasteiger partial charge in [-0.05, 0) is 49.4 Å². The van der Waals surface area contributed by atoms with Crippen LogP contribution in [0.15, 0.2) is 79.0 Å². The Kier molecular flexibility index (Phi) is 4.36. The van der Waals surface area contributed by atoms with E-state index in [2.05, 4.69) is 9.55 Å². The summed E-state index contributed by atoms with van der Waals surface area (Å²) in [5.74, 6) is 1.59. The molecule has 3 aromatic carbocycles. The van der Waals surface area contributed by atoms with Crippen molar-refractivity contribution in [2.45, 2.75) is 13.6 Å². The van der Waals surface area contributed by atoms with Crippen LogP contribution in [-0.2, 0) is 6.67 Å². The largest absolute Gasteiger partial charge is 0.497 e. The highest BCUT2D eigenvalue weighted by atomic mass is 16.5. The molecule has 5 rings (SSSR count). The second-order valence-electron chi connectivity index (χ2n) is 7.38. The lowest BCUT2D eigenvalue weighted by molar-refractivity contribution is 0.0979. The van der Waals surface area contributed by atoms with Crippen molar-refractivity contribution < 1.29 is 9.53 Å². The Labute approximate surface area is 175 Å².